The predicted molar refractivity (Wildman–Crippen MR) is 85.9 cm³/mol. The number of halogens is 1. The van der Waals surface area contributed by atoms with Gasteiger partial charge in [-0.15, -0.1) is 12.4 Å². The van der Waals surface area contributed by atoms with E-state index in [1.54, 1.807) is 11.8 Å². The number of nitrogens with zero attached hydrogens (tertiary/aromatic N) is 2. The average Bonchev–Trinajstić information content (AvgIpc) is 2.89. The maximum Gasteiger partial charge on any atom is 0.320 e. The highest BCUT2D eigenvalue weighted by atomic mass is 35.5. The van der Waals surface area contributed by atoms with Gasteiger partial charge in [-0.05, 0) is 37.9 Å². The van der Waals surface area contributed by atoms with Crippen LogP contribution in [-0.4, -0.2) is 45.9 Å². The van der Waals surface area contributed by atoms with E-state index in [2.05, 4.69) is 5.32 Å². The quantitative estimate of drug-likeness (QED) is 0.622. The molecule has 0 radical (unpaired) electrons. The normalized spacial score (nSPS) is 17.3. The first kappa shape index (κ1) is 18.9. The van der Waals surface area contributed by atoms with Crippen LogP contribution in [0.1, 0.15) is 18.4 Å². The highest BCUT2D eigenvalue weighted by Crippen LogP contribution is 2.22. The number of nitro groups is 1. The van der Waals surface area contributed by atoms with E-state index in [0.29, 0.717) is 24.2 Å². The Labute approximate surface area is 139 Å². The Hall–Kier alpha value is -2.19. The number of aryl methyl sites for hydroxylation is 1. The number of carbonyl (C=O) groups is 2. The Morgan fingerprint density at radius 1 is 1.48 bits per heavy atom. The first-order valence-corrected chi connectivity index (χ1v) is 6.90. The van der Waals surface area contributed by atoms with Crippen LogP contribution in [0.15, 0.2) is 18.2 Å². The van der Waals surface area contributed by atoms with Gasteiger partial charge in [0, 0.05) is 17.8 Å². The number of hydrogen-bond acceptors (Lipinski definition) is 5. The molecule has 8 nitrogen and oxygen atoms in total. The number of benzene rings is 1. The number of carboxylic acid groups (broad SMARTS) is 1. The number of carboxylic acids is 1. The molecule has 0 spiro atoms. The molecule has 0 bridgehead atoms. The van der Waals surface area contributed by atoms with Crippen LogP contribution in [0.5, 0.6) is 0 Å². The molecule has 1 aliphatic heterocycles. The fourth-order valence-corrected chi connectivity index (χ4v) is 2.57. The van der Waals surface area contributed by atoms with Crippen molar-refractivity contribution in [1.29, 1.82) is 0 Å². The van der Waals surface area contributed by atoms with Crippen LogP contribution in [0.4, 0.5) is 11.4 Å². The molecule has 0 aromatic heterocycles. The lowest BCUT2D eigenvalue weighted by molar-refractivity contribution is -0.384. The van der Waals surface area contributed by atoms with E-state index in [-0.39, 0.29) is 30.5 Å². The number of carbonyl (C=O) groups excluding carboxylic acids is 1. The molecule has 1 aromatic rings. The summed E-state index contributed by atoms with van der Waals surface area (Å²) in [5.41, 5.74) is 1.03. The van der Waals surface area contributed by atoms with Crippen molar-refractivity contribution in [3.8, 4) is 0 Å². The van der Waals surface area contributed by atoms with E-state index in [9.17, 15) is 19.7 Å². The minimum absolute atomic E-state index is 0. The van der Waals surface area contributed by atoms with Crippen molar-refractivity contribution in [1.82, 2.24) is 4.90 Å². The maximum absolute atomic E-state index is 12.0. The Morgan fingerprint density at radius 2 is 2.17 bits per heavy atom. The molecule has 1 aromatic carbocycles. The summed E-state index contributed by atoms with van der Waals surface area (Å²) in [6.07, 6.45) is 1.29. The Kier molecular flexibility index (Phi) is 6.47. The monoisotopic (exact) mass is 343 g/mol. The third-order valence-electron chi connectivity index (χ3n) is 3.69. The van der Waals surface area contributed by atoms with E-state index in [1.165, 1.54) is 18.2 Å². The molecule has 9 heteroatoms. The first-order valence-electron chi connectivity index (χ1n) is 6.90. The van der Waals surface area contributed by atoms with Gasteiger partial charge in [-0.2, -0.15) is 0 Å². The van der Waals surface area contributed by atoms with Crippen LogP contribution in [0.25, 0.3) is 0 Å². The number of rotatable bonds is 5. The van der Waals surface area contributed by atoms with Gasteiger partial charge >= 0.3 is 5.97 Å². The highest BCUT2D eigenvalue weighted by molar-refractivity contribution is 5.93. The summed E-state index contributed by atoms with van der Waals surface area (Å²) in [7, 11) is 0. The third-order valence-corrected chi connectivity index (χ3v) is 3.69. The minimum atomic E-state index is -0.920. The van der Waals surface area contributed by atoms with Crippen LogP contribution in [-0.2, 0) is 9.59 Å². The third kappa shape index (κ3) is 4.64. The molecule has 0 aliphatic carbocycles. The van der Waals surface area contributed by atoms with E-state index in [0.717, 1.165) is 6.42 Å². The van der Waals surface area contributed by atoms with Gasteiger partial charge in [0.15, 0.2) is 0 Å². The molecule has 0 saturated carbocycles. The number of aliphatic carboxylic acids is 1. The number of anilines is 1. The summed E-state index contributed by atoms with van der Waals surface area (Å²) in [6, 6.07) is 3.55. The second-order valence-electron chi connectivity index (χ2n) is 5.27. The summed E-state index contributed by atoms with van der Waals surface area (Å²) >= 11 is 0. The lowest BCUT2D eigenvalue weighted by Crippen LogP contribution is -2.40. The van der Waals surface area contributed by atoms with Crippen LogP contribution in [0.3, 0.4) is 0 Å². The molecule has 1 saturated heterocycles. The minimum Gasteiger partial charge on any atom is -0.480 e. The summed E-state index contributed by atoms with van der Waals surface area (Å²) in [5, 5.41) is 22.4. The molecule has 2 N–H and O–H groups in total. The summed E-state index contributed by atoms with van der Waals surface area (Å²) < 4.78 is 0. The van der Waals surface area contributed by atoms with E-state index in [4.69, 9.17) is 5.11 Å². The fraction of sp³-hybridized carbons (Fsp3) is 0.429. The topological polar surface area (TPSA) is 113 Å². The molecular formula is C14H18ClN3O5. The van der Waals surface area contributed by atoms with Gasteiger partial charge in [-0.1, -0.05) is 0 Å². The molecule has 1 fully saturated rings. The van der Waals surface area contributed by atoms with Crippen LogP contribution < -0.4 is 5.32 Å². The van der Waals surface area contributed by atoms with Crippen molar-refractivity contribution in [3.63, 3.8) is 0 Å². The largest absolute Gasteiger partial charge is 0.480 e. The second-order valence-corrected chi connectivity index (χ2v) is 5.27. The van der Waals surface area contributed by atoms with Crippen LogP contribution in [0, 0.1) is 17.0 Å². The number of hydrogen-bond donors (Lipinski definition) is 2. The van der Waals surface area contributed by atoms with Gasteiger partial charge in [0.2, 0.25) is 5.91 Å². The van der Waals surface area contributed by atoms with Gasteiger partial charge in [0.05, 0.1) is 11.5 Å². The lowest BCUT2D eigenvalue weighted by atomic mass is 10.2. The van der Waals surface area contributed by atoms with Gasteiger partial charge in [0.1, 0.15) is 6.04 Å². The molecule has 1 aliphatic rings. The molecule has 1 amide bonds. The van der Waals surface area contributed by atoms with Crippen LogP contribution in [0.2, 0.25) is 0 Å². The number of nitro benzene ring substituents is 1. The van der Waals surface area contributed by atoms with Crippen molar-refractivity contribution >= 4 is 35.7 Å². The summed E-state index contributed by atoms with van der Waals surface area (Å²) in [4.78, 5) is 34.9. The number of nitrogens with one attached hydrogen (secondary N) is 1. The predicted octanol–water partition coefficient (Wildman–Crippen LogP) is 1.81. The number of non-ortho nitro benzene ring substituents is 1. The molecule has 1 heterocycles. The van der Waals surface area contributed by atoms with E-state index in [1.807, 2.05) is 0 Å². The summed E-state index contributed by atoms with van der Waals surface area (Å²) in [5.74, 6) is -1.25. The van der Waals surface area contributed by atoms with Crippen molar-refractivity contribution in [2.45, 2.75) is 25.8 Å². The fourth-order valence-electron chi connectivity index (χ4n) is 2.57. The van der Waals surface area contributed by atoms with Gasteiger partial charge in [0.25, 0.3) is 5.69 Å². The highest BCUT2D eigenvalue weighted by Gasteiger charge is 2.31. The van der Waals surface area contributed by atoms with E-state index >= 15 is 0 Å². The molecule has 0 unspecified atom stereocenters. The zero-order valence-electron chi connectivity index (χ0n) is 12.5. The Morgan fingerprint density at radius 3 is 2.74 bits per heavy atom. The molecule has 126 valence electrons. The summed E-state index contributed by atoms with van der Waals surface area (Å²) in [6.45, 7) is 2.23. The van der Waals surface area contributed by atoms with Gasteiger partial charge < -0.3 is 10.4 Å². The zero-order valence-corrected chi connectivity index (χ0v) is 13.3. The molecular weight excluding hydrogens is 326 g/mol. The van der Waals surface area contributed by atoms with Gasteiger partial charge in [-0.3, -0.25) is 24.6 Å². The number of likely N-dealkylation sites (tertiary alicyclic amines) is 1. The standard InChI is InChI=1S/C14H17N3O5.ClH/c1-9-7-10(17(21)22)4-5-11(9)15-13(18)8-16-6-2-3-12(16)14(19)20;/h4-5,7,12H,2-3,6,8H2,1H3,(H,15,18)(H,19,20);1H/t12-;/m0./s1. The molecule has 2 rings (SSSR count). The van der Waals surface area contributed by atoms with Crippen molar-refractivity contribution in [2.24, 2.45) is 0 Å². The lowest BCUT2D eigenvalue weighted by Gasteiger charge is -2.20. The first-order chi connectivity index (χ1) is 10.4. The van der Waals surface area contributed by atoms with Crippen molar-refractivity contribution in [2.75, 3.05) is 18.4 Å². The zero-order chi connectivity index (χ0) is 16.3. The smallest absolute Gasteiger partial charge is 0.320 e. The average molecular weight is 344 g/mol. The second kappa shape index (κ2) is 7.89. The molecule has 23 heavy (non-hydrogen) atoms. The SMILES string of the molecule is Cc1cc([N+](=O)[O-])ccc1NC(=O)CN1CCC[C@H]1C(=O)O.Cl. The number of amides is 1. The van der Waals surface area contributed by atoms with Gasteiger partial charge in [-0.25, -0.2) is 0 Å². The van der Waals surface area contributed by atoms with E-state index < -0.39 is 16.9 Å². The van der Waals surface area contributed by atoms with Crippen molar-refractivity contribution in [3.05, 3.63) is 33.9 Å². The Balaban J connectivity index is 0.00000264. The Bertz CT molecular complexity index is 622. The van der Waals surface area contributed by atoms with Crippen molar-refractivity contribution < 1.29 is 19.6 Å². The van der Waals surface area contributed by atoms with Crippen LogP contribution >= 0.6 is 12.4 Å². The maximum atomic E-state index is 12.0. The molecule has 1 atom stereocenters.